The summed E-state index contributed by atoms with van der Waals surface area (Å²) in [5, 5.41) is 17.0. The fourth-order valence-corrected chi connectivity index (χ4v) is 10.2. The van der Waals surface area contributed by atoms with Crippen LogP contribution in [0.3, 0.4) is 0 Å². The third-order valence-electron chi connectivity index (χ3n) is 13.6. The van der Waals surface area contributed by atoms with Crippen LogP contribution in [0.25, 0.3) is 43.1 Å². The lowest BCUT2D eigenvalue weighted by Gasteiger charge is -2.32. The minimum Gasteiger partial charge on any atom is -0.508 e. The van der Waals surface area contributed by atoms with E-state index in [9.17, 15) is 24.3 Å². The molecular formula is C53H60N2O5. The third-order valence-corrected chi connectivity index (χ3v) is 13.6. The quantitative estimate of drug-likeness (QED) is 0.0338. The second-order valence-electron chi connectivity index (χ2n) is 17.5. The van der Waals surface area contributed by atoms with Crippen molar-refractivity contribution < 1.29 is 24.3 Å². The van der Waals surface area contributed by atoms with Gasteiger partial charge < -0.3 is 5.11 Å². The normalized spacial score (nSPS) is 14.6. The number of hydrogen-bond donors (Lipinski definition) is 1. The number of nitrogens with zero attached hydrogens (tertiary/aromatic N) is 2. The van der Waals surface area contributed by atoms with Crippen molar-refractivity contribution in [3.8, 4) is 5.75 Å². The van der Waals surface area contributed by atoms with E-state index in [0.717, 1.165) is 82.8 Å². The number of carbonyl (C=O) groups is 4. The second-order valence-corrected chi connectivity index (χ2v) is 17.5. The van der Waals surface area contributed by atoms with Gasteiger partial charge in [-0.2, -0.15) is 0 Å². The summed E-state index contributed by atoms with van der Waals surface area (Å²) in [5.41, 5.74) is 3.28. The summed E-state index contributed by atoms with van der Waals surface area (Å²) in [6.07, 6.45) is 21.0. The van der Waals surface area contributed by atoms with Crippen LogP contribution in [0, 0.1) is 5.92 Å². The van der Waals surface area contributed by atoms with E-state index in [1.165, 1.54) is 74.0 Å². The molecule has 60 heavy (non-hydrogen) atoms. The maximum absolute atomic E-state index is 14.6. The molecule has 2 aliphatic rings. The van der Waals surface area contributed by atoms with E-state index in [1.807, 2.05) is 48.5 Å². The van der Waals surface area contributed by atoms with Crippen LogP contribution in [0.5, 0.6) is 5.75 Å². The Morgan fingerprint density at radius 1 is 0.483 bits per heavy atom. The van der Waals surface area contributed by atoms with E-state index >= 15 is 0 Å². The fraction of sp³-hybridized carbons (Fsp3) is 0.434. The lowest BCUT2D eigenvalue weighted by molar-refractivity contribution is 0.0579. The molecule has 0 saturated carbocycles. The summed E-state index contributed by atoms with van der Waals surface area (Å²) >= 11 is 0. The topological polar surface area (TPSA) is 95.0 Å². The summed E-state index contributed by atoms with van der Waals surface area (Å²) in [6.45, 7) is 6.95. The fourth-order valence-electron chi connectivity index (χ4n) is 10.2. The number of phenolic OH excluding ortho intramolecular Hbond substituents is 1. The highest BCUT2D eigenvalue weighted by atomic mass is 16.3. The summed E-state index contributed by atoms with van der Waals surface area (Å²) in [5.74, 6) is -0.895. The number of aromatic hydroxyl groups is 1. The Hall–Kier alpha value is -5.30. The van der Waals surface area contributed by atoms with Gasteiger partial charge in [-0.15, -0.1) is 0 Å². The maximum atomic E-state index is 14.6. The van der Waals surface area contributed by atoms with Gasteiger partial charge in [-0.3, -0.25) is 24.1 Å². The number of imide groups is 2. The average Bonchev–Trinajstić information content (AvgIpc) is 3.26. The molecule has 7 heteroatoms. The van der Waals surface area contributed by atoms with E-state index in [4.69, 9.17) is 0 Å². The lowest BCUT2D eigenvalue weighted by atomic mass is 9.82. The molecular weight excluding hydrogens is 745 g/mol. The number of rotatable bonds is 21. The van der Waals surface area contributed by atoms with Gasteiger partial charge in [-0.25, -0.2) is 4.90 Å². The van der Waals surface area contributed by atoms with Crippen LogP contribution < -0.4 is 4.90 Å². The first kappa shape index (κ1) is 41.4. The molecule has 6 aromatic carbocycles. The number of phenols is 1. The van der Waals surface area contributed by atoms with Crippen LogP contribution in [0.4, 0.5) is 5.69 Å². The van der Waals surface area contributed by atoms with Crippen molar-refractivity contribution in [3.63, 3.8) is 0 Å². The number of fused-ring (bicyclic) bond motifs is 2. The van der Waals surface area contributed by atoms with E-state index in [2.05, 4.69) is 20.8 Å². The molecule has 0 saturated heterocycles. The highest BCUT2D eigenvalue weighted by Gasteiger charge is 2.38. The SMILES string of the molecule is CCCCCCCCCCCCCCCc1cc(O)ccc1N1C(=O)c2ccc3c4ccc5c6c(ccc(c7ccc(c2c37)C1=O)c64)C(=O)N(CC(CC)CCCC)C5=O. The van der Waals surface area contributed by atoms with Crippen LogP contribution in [0.1, 0.15) is 177 Å². The molecule has 0 radical (unpaired) electrons. The molecule has 312 valence electrons. The molecule has 1 N–H and O–H groups in total. The molecule has 1 atom stereocenters. The molecule has 7 nitrogen and oxygen atoms in total. The van der Waals surface area contributed by atoms with Crippen molar-refractivity contribution in [1.82, 2.24) is 4.90 Å². The van der Waals surface area contributed by atoms with E-state index in [-0.39, 0.29) is 35.3 Å². The van der Waals surface area contributed by atoms with Crippen LogP contribution in [-0.2, 0) is 6.42 Å². The predicted molar refractivity (Wildman–Crippen MR) is 245 cm³/mol. The number of unbranched alkanes of at least 4 members (excludes halogenated alkanes) is 13. The van der Waals surface area contributed by atoms with E-state index in [0.29, 0.717) is 51.7 Å². The molecule has 8 rings (SSSR count). The summed E-state index contributed by atoms with van der Waals surface area (Å²) in [7, 11) is 0. The molecule has 1 unspecified atom stereocenters. The Balaban J connectivity index is 1.05. The smallest absolute Gasteiger partial charge is 0.265 e. The first-order valence-electron chi connectivity index (χ1n) is 23.1. The minimum absolute atomic E-state index is 0.117. The van der Waals surface area contributed by atoms with Crippen LogP contribution >= 0.6 is 0 Å². The van der Waals surface area contributed by atoms with Crippen molar-refractivity contribution in [2.45, 2.75) is 136 Å². The zero-order valence-electron chi connectivity index (χ0n) is 35.8. The number of hydrogen-bond acceptors (Lipinski definition) is 5. The van der Waals surface area contributed by atoms with Gasteiger partial charge in [0.05, 0.1) is 5.69 Å². The molecule has 0 aromatic heterocycles. The Bertz CT molecular complexity index is 2470. The molecule has 4 amide bonds. The highest BCUT2D eigenvalue weighted by molar-refractivity contribution is 6.43. The molecule has 2 aliphatic heterocycles. The first-order chi connectivity index (χ1) is 29.3. The molecule has 6 aromatic rings. The molecule has 0 fully saturated rings. The highest BCUT2D eigenvalue weighted by Crippen LogP contribution is 2.47. The molecule has 0 spiro atoms. The Kier molecular flexibility index (Phi) is 12.5. The van der Waals surface area contributed by atoms with Gasteiger partial charge in [0.2, 0.25) is 0 Å². The van der Waals surface area contributed by atoms with Gasteiger partial charge in [0.25, 0.3) is 23.6 Å². The van der Waals surface area contributed by atoms with Gasteiger partial charge in [0.15, 0.2) is 0 Å². The summed E-state index contributed by atoms with van der Waals surface area (Å²) < 4.78 is 0. The molecule has 0 aliphatic carbocycles. The third kappa shape index (κ3) is 7.54. The van der Waals surface area contributed by atoms with Crippen molar-refractivity contribution in [1.29, 1.82) is 0 Å². The monoisotopic (exact) mass is 804 g/mol. The Labute approximate surface area is 354 Å². The zero-order chi connectivity index (χ0) is 41.9. The van der Waals surface area contributed by atoms with Crippen molar-refractivity contribution >= 4 is 72.4 Å². The lowest BCUT2D eigenvalue weighted by Crippen LogP contribution is -2.43. The average molecular weight is 805 g/mol. The van der Waals surface area contributed by atoms with Gasteiger partial charge in [-0.1, -0.05) is 141 Å². The number of aryl methyl sites for hydroxylation is 1. The Morgan fingerprint density at radius 2 is 0.917 bits per heavy atom. The van der Waals surface area contributed by atoms with Gasteiger partial charge in [-0.05, 0) is 106 Å². The maximum Gasteiger partial charge on any atom is 0.265 e. The Morgan fingerprint density at radius 3 is 1.37 bits per heavy atom. The number of anilines is 1. The standard InChI is InChI=1S/C53H60N2O5/c1-4-7-9-10-11-12-13-14-15-16-17-18-19-21-35-32-36(56)22-31-45(35)55-52(59)43-29-25-39-37-23-27-41-48-42(51(58)54(50(41)57)33-34(6-3)20-8-5-2)28-24-38(46(37)48)40-26-30-44(53(55)60)49(43)47(39)40/h22-32,34,56H,4-21,33H2,1-3H3. The largest absolute Gasteiger partial charge is 0.508 e. The minimum atomic E-state index is -0.384. The zero-order valence-corrected chi connectivity index (χ0v) is 35.8. The van der Waals surface area contributed by atoms with E-state index in [1.54, 1.807) is 18.2 Å². The number of carbonyl (C=O) groups excluding carboxylic acids is 4. The van der Waals surface area contributed by atoms with Gasteiger partial charge >= 0.3 is 0 Å². The van der Waals surface area contributed by atoms with Crippen LogP contribution in [0.2, 0.25) is 0 Å². The van der Waals surface area contributed by atoms with Crippen molar-refractivity contribution in [2.24, 2.45) is 5.92 Å². The first-order valence-corrected chi connectivity index (χ1v) is 23.1. The predicted octanol–water partition coefficient (Wildman–Crippen LogP) is 13.7. The number of benzene rings is 6. The summed E-state index contributed by atoms with van der Waals surface area (Å²) in [4.78, 5) is 60.0. The van der Waals surface area contributed by atoms with Gasteiger partial charge in [0.1, 0.15) is 5.75 Å². The van der Waals surface area contributed by atoms with Crippen LogP contribution in [-0.4, -0.2) is 40.2 Å². The van der Waals surface area contributed by atoms with Gasteiger partial charge in [0, 0.05) is 39.6 Å². The molecule has 0 bridgehead atoms. The molecule has 2 heterocycles. The summed E-state index contributed by atoms with van der Waals surface area (Å²) in [6, 6.07) is 20.1. The second kappa shape index (κ2) is 18.1. The van der Waals surface area contributed by atoms with Crippen molar-refractivity contribution in [2.75, 3.05) is 11.4 Å². The van der Waals surface area contributed by atoms with Crippen molar-refractivity contribution in [3.05, 3.63) is 94.5 Å². The van der Waals surface area contributed by atoms with Crippen LogP contribution in [0.15, 0.2) is 66.7 Å². The number of amides is 4. The van der Waals surface area contributed by atoms with E-state index < -0.39 is 0 Å².